The number of hydrogen-bond donors (Lipinski definition) is 1. The average Bonchev–Trinajstić information content (AvgIpc) is 3.32. The number of ether oxygens (including phenoxy) is 1. The minimum absolute atomic E-state index is 0.00437. The molecule has 25 heavy (non-hydrogen) atoms. The van der Waals surface area contributed by atoms with Gasteiger partial charge in [0.15, 0.2) is 5.69 Å². The summed E-state index contributed by atoms with van der Waals surface area (Å²) in [6, 6.07) is 9.82. The topological polar surface area (TPSA) is 72.3 Å². The highest BCUT2D eigenvalue weighted by molar-refractivity contribution is 5.93. The van der Waals surface area contributed by atoms with E-state index in [0.29, 0.717) is 18.9 Å². The third kappa shape index (κ3) is 3.43. The largest absolute Gasteiger partial charge is 0.378 e. The van der Waals surface area contributed by atoms with Crippen molar-refractivity contribution in [1.82, 2.24) is 25.2 Å². The molecule has 3 heterocycles. The number of amides is 1. The lowest BCUT2D eigenvalue weighted by Gasteiger charge is -2.34. The lowest BCUT2D eigenvalue weighted by molar-refractivity contribution is 0.0892. The van der Waals surface area contributed by atoms with E-state index in [2.05, 4.69) is 20.5 Å². The minimum Gasteiger partial charge on any atom is -0.378 e. The maximum Gasteiger partial charge on any atom is 0.272 e. The van der Waals surface area contributed by atoms with Crippen LogP contribution >= 0.6 is 0 Å². The number of carbonyl (C=O) groups is 1. The molecular weight excluding hydrogens is 318 g/mol. The Kier molecular flexibility index (Phi) is 4.76. The summed E-state index contributed by atoms with van der Waals surface area (Å²) in [4.78, 5) is 15.3. The number of piperidine rings is 1. The maximum atomic E-state index is 12.8. The van der Waals surface area contributed by atoms with E-state index in [0.717, 1.165) is 18.8 Å². The van der Waals surface area contributed by atoms with Crippen molar-refractivity contribution in [1.29, 1.82) is 0 Å². The van der Waals surface area contributed by atoms with Gasteiger partial charge in [-0.3, -0.25) is 9.69 Å². The van der Waals surface area contributed by atoms with Crippen LogP contribution in [0.3, 0.4) is 0 Å². The number of hydrogen-bond acceptors (Lipinski definition) is 5. The van der Waals surface area contributed by atoms with Gasteiger partial charge in [-0.1, -0.05) is 29.8 Å². The molecule has 4 rings (SSSR count). The van der Waals surface area contributed by atoms with Crippen molar-refractivity contribution in [3.63, 3.8) is 0 Å². The highest BCUT2D eigenvalue weighted by atomic mass is 16.5. The summed E-state index contributed by atoms with van der Waals surface area (Å²) in [6.07, 6.45) is 5.25. The lowest BCUT2D eigenvalue weighted by Crippen LogP contribution is -2.52. The first-order valence-electron chi connectivity index (χ1n) is 8.92. The smallest absolute Gasteiger partial charge is 0.272 e. The van der Waals surface area contributed by atoms with Crippen molar-refractivity contribution in [2.45, 2.75) is 31.3 Å². The van der Waals surface area contributed by atoms with E-state index in [4.69, 9.17) is 4.74 Å². The molecule has 1 N–H and O–H groups in total. The Morgan fingerprint density at radius 1 is 1.12 bits per heavy atom. The van der Waals surface area contributed by atoms with Crippen molar-refractivity contribution in [3.05, 3.63) is 42.2 Å². The van der Waals surface area contributed by atoms with Crippen LogP contribution in [0.2, 0.25) is 0 Å². The van der Waals surface area contributed by atoms with Gasteiger partial charge in [-0.05, 0) is 38.1 Å². The Morgan fingerprint density at radius 3 is 2.72 bits per heavy atom. The summed E-state index contributed by atoms with van der Waals surface area (Å²) in [6.45, 7) is 3.41. The maximum absolute atomic E-state index is 12.8. The molecule has 1 aromatic heterocycles. The van der Waals surface area contributed by atoms with Gasteiger partial charge in [0.25, 0.3) is 5.91 Å². The quantitative estimate of drug-likeness (QED) is 0.906. The summed E-state index contributed by atoms with van der Waals surface area (Å²) in [7, 11) is 0. The SMILES string of the molecule is O=C(N[C@H]1COC[C@@H]1N1CCCCC1)c1cnnn1-c1ccccc1. The molecule has 0 saturated carbocycles. The van der Waals surface area contributed by atoms with Gasteiger partial charge < -0.3 is 10.1 Å². The molecule has 0 bridgehead atoms. The van der Waals surface area contributed by atoms with Crippen molar-refractivity contribution >= 4 is 5.91 Å². The van der Waals surface area contributed by atoms with Gasteiger partial charge in [-0.25, -0.2) is 4.68 Å². The van der Waals surface area contributed by atoms with Gasteiger partial charge in [0.2, 0.25) is 0 Å². The zero-order chi connectivity index (χ0) is 17.1. The van der Waals surface area contributed by atoms with Crippen LogP contribution in [0.4, 0.5) is 0 Å². The first-order chi connectivity index (χ1) is 12.3. The lowest BCUT2D eigenvalue weighted by atomic mass is 10.0. The zero-order valence-corrected chi connectivity index (χ0v) is 14.2. The van der Waals surface area contributed by atoms with E-state index in [9.17, 15) is 4.79 Å². The molecule has 0 spiro atoms. The molecule has 0 radical (unpaired) electrons. The Balaban J connectivity index is 1.48. The minimum atomic E-state index is -0.161. The van der Waals surface area contributed by atoms with Gasteiger partial charge in [-0.2, -0.15) is 0 Å². The van der Waals surface area contributed by atoms with E-state index in [-0.39, 0.29) is 18.0 Å². The highest BCUT2D eigenvalue weighted by Gasteiger charge is 2.35. The Bertz CT molecular complexity index is 711. The van der Waals surface area contributed by atoms with Crippen molar-refractivity contribution < 1.29 is 9.53 Å². The number of nitrogens with zero attached hydrogens (tertiary/aromatic N) is 4. The molecular formula is C18H23N5O2. The number of aromatic nitrogens is 3. The summed E-state index contributed by atoms with van der Waals surface area (Å²) < 4.78 is 7.23. The summed E-state index contributed by atoms with van der Waals surface area (Å²) in [5, 5.41) is 11.1. The summed E-state index contributed by atoms with van der Waals surface area (Å²) in [5.41, 5.74) is 1.26. The first-order valence-corrected chi connectivity index (χ1v) is 8.92. The summed E-state index contributed by atoms with van der Waals surface area (Å²) in [5.74, 6) is -0.161. The average molecular weight is 341 g/mol. The van der Waals surface area contributed by atoms with E-state index < -0.39 is 0 Å². The van der Waals surface area contributed by atoms with Gasteiger partial charge >= 0.3 is 0 Å². The van der Waals surface area contributed by atoms with Crippen molar-refractivity contribution in [3.8, 4) is 5.69 Å². The standard InChI is InChI=1S/C18H23N5O2/c24-18(16-11-19-21-23(16)14-7-3-1-4-8-14)20-15-12-25-13-17(15)22-9-5-2-6-10-22/h1,3-4,7-8,11,15,17H,2,5-6,9-10,12-13H2,(H,20,24)/t15-,17-/m0/s1. The molecule has 7 heteroatoms. The van der Waals surface area contributed by atoms with E-state index in [1.807, 2.05) is 30.3 Å². The van der Waals surface area contributed by atoms with Crippen molar-refractivity contribution in [2.75, 3.05) is 26.3 Å². The molecule has 2 saturated heterocycles. The molecule has 0 unspecified atom stereocenters. The predicted molar refractivity (Wildman–Crippen MR) is 92.6 cm³/mol. The van der Waals surface area contributed by atoms with Crippen LogP contribution < -0.4 is 5.32 Å². The van der Waals surface area contributed by atoms with Gasteiger partial charge in [0.05, 0.1) is 37.2 Å². The number of carbonyl (C=O) groups excluding carboxylic acids is 1. The number of nitrogens with one attached hydrogen (secondary N) is 1. The van der Waals surface area contributed by atoms with Crippen LogP contribution in [0.15, 0.2) is 36.5 Å². The van der Waals surface area contributed by atoms with Crippen molar-refractivity contribution in [2.24, 2.45) is 0 Å². The first kappa shape index (κ1) is 16.2. The number of benzene rings is 1. The molecule has 2 aromatic rings. The highest BCUT2D eigenvalue weighted by Crippen LogP contribution is 2.19. The monoisotopic (exact) mass is 341 g/mol. The molecule has 1 amide bonds. The van der Waals surface area contributed by atoms with Crippen LogP contribution in [-0.4, -0.2) is 64.2 Å². The van der Waals surface area contributed by atoms with Crippen LogP contribution in [0, 0.1) is 0 Å². The Morgan fingerprint density at radius 2 is 1.92 bits per heavy atom. The molecule has 2 aliphatic rings. The fourth-order valence-corrected chi connectivity index (χ4v) is 3.68. The predicted octanol–water partition coefficient (Wildman–Crippen LogP) is 1.25. The normalized spacial score (nSPS) is 24.3. The molecule has 2 fully saturated rings. The second-order valence-corrected chi connectivity index (χ2v) is 6.65. The molecule has 7 nitrogen and oxygen atoms in total. The van der Waals surface area contributed by atoms with E-state index in [1.165, 1.54) is 25.5 Å². The third-order valence-electron chi connectivity index (χ3n) is 5.01. The van der Waals surface area contributed by atoms with E-state index in [1.54, 1.807) is 4.68 Å². The van der Waals surface area contributed by atoms with Crippen LogP contribution in [0.5, 0.6) is 0 Å². The van der Waals surface area contributed by atoms with Gasteiger partial charge in [0.1, 0.15) is 0 Å². The Labute approximate surface area is 147 Å². The zero-order valence-electron chi connectivity index (χ0n) is 14.2. The molecule has 2 aliphatic heterocycles. The fraction of sp³-hybridized carbons (Fsp3) is 0.500. The summed E-state index contributed by atoms with van der Waals surface area (Å²) >= 11 is 0. The number of rotatable bonds is 4. The van der Waals surface area contributed by atoms with Crippen LogP contribution in [0.1, 0.15) is 29.8 Å². The van der Waals surface area contributed by atoms with Crippen LogP contribution in [-0.2, 0) is 4.74 Å². The molecule has 132 valence electrons. The number of para-hydroxylation sites is 1. The Hall–Kier alpha value is -2.25. The van der Waals surface area contributed by atoms with Gasteiger partial charge in [0, 0.05) is 0 Å². The molecule has 2 atom stereocenters. The number of likely N-dealkylation sites (tertiary alicyclic amines) is 1. The molecule has 1 aromatic carbocycles. The fourth-order valence-electron chi connectivity index (χ4n) is 3.68. The molecule has 0 aliphatic carbocycles. The second-order valence-electron chi connectivity index (χ2n) is 6.65. The van der Waals surface area contributed by atoms with Gasteiger partial charge in [-0.15, -0.1) is 5.10 Å². The van der Waals surface area contributed by atoms with E-state index >= 15 is 0 Å². The second kappa shape index (κ2) is 7.33. The third-order valence-corrected chi connectivity index (χ3v) is 5.01. The van der Waals surface area contributed by atoms with Crippen LogP contribution in [0.25, 0.3) is 5.69 Å².